The average molecular weight is 469 g/mol. The molecule has 2 aromatic carbocycles. The second-order valence-corrected chi connectivity index (χ2v) is 10.1. The molecule has 1 fully saturated rings. The second kappa shape index (κ2) is 7.46. The van der Waals surface area contributed by atoms with E-state index < -0.39 is 10.0 Å². The molecule has 0 saturated carbocycles. The molecule has 0 amide bonds. The van der Waals surface area contributed by atoms with Gasteiger partial charge < -0.3 is 9.26 Å². The Bertz CT molecular complexity index is 1080. The van der Waals surface area contributed by atoms with Gasteiger partial charge in [0.2, 0.25) is 10.0 Å². The lowest BCUT2D eigenvalue weighted by atomic mass is 10.2. The highest BCUT2D eigenvalue weighted by Gasteiger charge is 2.37. The zero-order chi connectivity index (χ0) is 19.0. The highest BCUT2D eigenvalue weighted by Crippen LogP contribution is 2.42. The van der Waals surface area contributed by atoms with Crippen molar-refractivity contribution in [1.82, 2.24) is 9.46 Å². The molecule has 2 heterocycles. The number of aromatic nitrogens is 1. The van der Waals surface area contributed by atoms with E-state index >= 15 is 0 Å². The molecule has 1 aliphatic rings. The summed E-state index contributed by atoms with van der Waals surface area (Å²) < 4.78 is 39.1. The highest BCUT2D eigenvalue weighted by atomic mass is 79.9. The number of fused-ring (bicyclic) bond motifs is 1. The van der Waals surface area contributed by atoms with Gasteiger partial charge in [-0.3, -0.25) is 0 Å². The van der Waals surface area contributed by atoms with Crippen molar-refractivity contribution in [2.75, 3.05) is 19.4 Å². The van der Waals surface area contributed by atoms with Crippen LogP contribution in [0.2, 0.25) is 0 Å². The van der Waals surface area contributed by atoms with Gasteiger partial charge >= 0.3 is 0 Å². The number of halogens is 1. The fraction of sp³-hybridized carbons (Fsp3) is 0.278. The summed E-state index contributed by atoms with van der Waals surface area (Å²) in [5.74, 6) is 1.27. The molecule has 0 bridgehead atoms. The lowest BCUT2D eigenvalue weighted by Crippen LogP contribution is -2.31. The zero-order valence-corrected chi connectivity index (χ0v) is 17.7. The Hall–Kier alpha value is -1.55. The average Bonchev–Trinajstić information content (AvgIpc) is 3.30. The monoisotopic (exact) mass is 468 g/mol. The lowest BCUT2D eigenvalue weighted by molar-refractivity contribution is 0.410. The number of nitrogens with zero attached hydrogens (tertiary/aromatic N) is 2. The Morgan fingerprint density at radius 2 is 2.15 bits per heavy atom. The summed E-state index contributed by atoms with van der Waals surface area (Å²) in [6, 6.07) is 12.9. The molecule has 3 aromatic rings. The van der Waals surface area contributed by atoms with Crippen LogP contribution in [0.1, 0.15) is 16.6 Å². The maximum Gasteiger partial charge on any atom is 0.221 e. The van der Waals surface area contributed by atoms with Gasteiger partial charge in [-0.25, -0.2) is 8.42 Å². The molecule has 0 N–H and O–H groups in total. The summed E-state index contributed by atoms with van der Waals surface area (Å²) in [5.41, 5.74) is 1.95. The van der Waals surface area contributed by atoms with E-state index in [-0.39, 0.29) is 11.1 Å². The number of para-hydroxylation sites is 1. The molecule has 1 unspecified atom stereocenters. The van der Waals surface area contributed by atoms with E-state index in [2.05, 4.69) is 21.1 Å². The van der Waals surface area contributed by atoms with Crippen molar-refractivity contribution in [3.8, 4) is 5.75 Å². The number of hydrogen-bond acceptors (Lipinski definition) is 6. The van der Waals surface area contributed by atoms with Gasteiger partial charge in [0.1, 0.15) is 17.2 Å². The summed E-state index contributed by atoms with van der Waals surface area (Å²) >= 11 is 5.09. The van der Waals surface area contributed by atoms with Crippen LogP contribution >= 0.6 is 27.7 Å². The first-order valence-corrected chi connectivity index (χ1v) is 11.7. The van der Waals surface area contributed by atoms with Crippen LogP contribution in [0, 0.1) is 0 Å². The molecular formula is C18H17BrN2O4S2. The van der Waals surface area contributed by atoms with E-state index in [9.17, 15) is 8.42 Å². The Kier molecular flexibility index (Phi) is 5.19. The molecular weight excluding hydrogens is 452 g/mol. The topological polar surface area (TPSA) is 72.6 Å². The Morgan fingerprint density at radius 3 is 2.93 bits per heavy atom. The smallest absolute Gasteiger partial charge is 0.221 e. The molecule has 1 atom stereocenters. The summed E-state index contributed by atoms with van der Waals surface area (Å²) in [4.78, 5) is 0. The first kappa shape index (κ1) is 18.8. The number of rotatable bonds is 5. The van der Waals surface area contributed by atoms with Crippen LogP contribution in [-0.2, 0) is 15.8 Å². The Morgan fingerprint density at radius 1 is 1.33 bits per heavy atom. The van der Waals surface area contributed by atoms with Gasteiger partial charge in [0.15, 0.2) is 5.58 Å². The van der Waals surface area contributed by atoms with E-state index in [0.29, 0.717) is 23.6 Å². The molecule has 1 saturated heterocycles. The van der Waals surface area contributed by atoms with Crippen LogP contribution in [-0.4, -0.2) is 37.3 Å². The summed E-state index contributed by atoms with van der Waals surface area (Å²) in [5, 5.41) is 4.44. The van der Waals surface area contributed by atoms with Crippen molar-refractivity contribution in [3.63, 3.8) is 0 Å². The van der Waals surface area contributed by atoms with Crippen molar-refractivity contribution >= 4 is 48.7 Å². The van der Waals surface area contributed by atoms with Crippen LogP contribution in [0.4, 0.5) is 0 Å². The van der Waals surface area contributed by atoms with E-state index in [1.165, 1.54) is 0 Å². The third-order valence-electron chi connectivity index (χ3n) is 4.44. The van der Waals surface area contributed by atoms with E-state index in [1.54, 1.807) is 29.2 Å². The molecule has 142 valence electrons. The maximum absolute atomic E-state index is 13.1. The molecule has 4 rings (SSSR count). The van der Waals surface area contributed by atoms with Crippen LogP contribution < -0.4 is 4.74 Å². The minimum atomic E-state index is -3.56. The molecule has 27 heavy (non-hydrogen) atoms. The first-order chi connectivity index (χ1) is 13.0. The molecule has 0 aliphatic carbocycles. The fourth-order valence-corrected chi connectivity index (χ4v) is 7.02. The molecule has 1 aliphatic heterocycles. The van der Waals surface area contributed by atoms with Crippen LogP contribution in [0.5, 0.6) is 5.75 Å². The fourth-order valence-electron chi connectivity index (χ4n) is 3.14. The summed E-state index contributed by atoms with van der Waals surface area (Å²) in [7, 11) is -1.96. The molecule has 6 nitrogen and oxygen atoms in total. The van der Waals surface area contributed by atoms with Crippen molar-refractivity contribution in [2.45, 2.75) is 11.1 Å². The quantitative estimate of drug-likeness (QED) is 0.559. The van der Waals surface area contributed by atoms with Gasteiger partial charge in [-0.1, -0.05) is 23.4 Å². The second-order valence-electron chi connectivity index (χ2n) is 6.11. The summed E-state index contributed by atoms with van der Waals surface area (Å²) in [6.45, 7) is 0.469. The number of methoxy groups -OCH3 is 1. The molecule has 0 radical (unpaired) electrons. The zero-order valence-electron chi connectivity index (χ0n) is 14.5. The number of sulfonamides is 1. The molecule has 0 spiro atoms. The van der Waals surface area contributed by atoms with Gasteiger partial charge in [-0.2, -0.15) is 4.31 Å². The predicted molar refractivity (Wildman–Crippen MR) is 109 cm³/mol. The van der Waals surface area contributed by atoms with Crippen LogP contribution in [0.15, 0.2) is 51.5 Å². The Labute approximate surface area is 170 Å². The van der Waals surface area contributed by atoms with Gasteiger partial charge in [-0.15, -0.1) is 11.8 Å². The first-order valence-electron chi connectivity index (χ1n) is 8.27. The molecule has 9 heteroatoms. The van der Waals surface area contributed by atoms with Crippen molar-refractivity contribution in [3.05, 3.63) is 58.2 Å². The van der Waals surface area contributed by atoms with Crippen molar-refractivity contribution < 1.29 is 17.7 Å². The highest BCUT2D eigenvalue weighted by molar-refractivity contribution is 9.10. The van der Waals surface area contributed by atoms with Crippen molar-refractivity contribution in [2.24, 2.45) is 0 Å². The predicted octanol–water partition coefficient (Wildman–Crippen LogP) is 4.18. The molecule has 1 aromatic heterocycles. The normalized spacial score (nSPS) is 18.2. The van der Waals surface area contributed by atoms with Gasteiger partial charge in [0.25, 0.3) is 0 Å². The maximum atomic E-state index is 13.1. The minimum Gasteiger partial charge on any atom is -0.496 e. The van der Waals surface area contributed by atoms with Crippen LogP contribution in [0.3, 0.4) is 0 Å². The SMILES string of the molecule is COc1ccc(C2SCCN2S(=O)(=O)Cc2noc3ccccc23)cc1Br. The standard InChI is InChI=1S/C18H17BrN2O4S2/c1-24-17-7-6-12(10-14(17)19)18-21(8-9-26-18)27(22,23)11-15-13-4-2-3-5-16(13)25-20-15/h2-7,10,18H,8-9,11H2,1H3. The lowest BCUT2D eigenvalue weighted by Gasteiger charge is -2.23. The number of benzene rings is 2. The number of ether oxygens (including phenoxy) is 1. The number of hydrogen-bond donors (Lipinski definition) is 0. The van der Waals surface area contributed by atoms with E-state index in [4.69, 9.17) is 9.26 Å². The third-order valence-corrected chi connectivity index (χ3v) is 8.20. The minimum absolute atomic E-state index is 0.182. The van der Waals surface area contributed by atoms with E-state index in [1.807, 2.05) is 36.4 Å². The van der Waals surface area contributed by atoms with Crippen molar-refractivity contribution in [1.29, 1.82) is 0 Å². The van der Waals surface area contributed by atoms with Gasteiger partial charge in [0.05, 0.1) is 17.0 Å². The summed E-state index contributed by atoms with van der Waals surface area (Å²) in [6.07, 6.45) is 0. The largest absolute Gasteiger partial charge is 0.496 e. The number of thioether (sulfide) groups is 1. The van der Waals surface area contributed by atoms with Crippen LogP contribution in [0.25, 0.3) is 11.0 Å². The van der Waals surface area contributed by atoms with Gasteiger partial charge in [-0.05, 0) is 45.8 Å². The van der Waals surface area contributed by atoms with Gasteiger partial charge in [0, 0.05) is 17.7 Å². The third kappa shape index (κ3) is 3.61. The Balaban J connectivity index is 1.63. The van der Waals surface area contributed by atoms with E-state index in [0.717, 1.165) is 21.2 Å².